The highest BCUT2D eigenvalue weighted by atomic mass is 32.1. The van der Waals surface area contributed by atoms with Crippen LogP contribution in [0.15, 0.2) is 29.7 Å². The van der Waals surface area contributed by atoms with Gasteiger partial charge >= 0.3 is 5.97 Å². The number of hydrogen-bond acceptors (Lipinski definition) is 3. The summed E-state index contributed by atoms with van der Waals surface area (Å²) in [6, 6.07) is 3.91. The summed E-state index contributed by atoms with van der Waals surface area (Å²) in [6.45, 7) is 0.487. The zero-order chi connectivity index (χ0) is 14.1. The molecule has 1 fully saturated rings. The minimum absolute atomic E-state index is 0.00925. The second kappa shape index (κ2) is 5.40. The lowest BCUT2D eigenvalue weighted by Gasteiger charge is -2.41. The first-order valence-electron chi connectivity index (χ1n) is 6.88. The van der Waals surface area contributed by atoms with Gasteiger partial charge < -0.3 is 10.4 Å². The van der Waals surface area contributed by atoms with Crippen LogP contribution in [0, 0.1) is 23.7 Å². The van der Waals surface area contributed by atoms with E-state index in [0.29, 0.717) is 6.54 Å². The third-order valence-electron chi connectivity index (χ3n) is 4.35. The highest BCUT2D eigenvalue weighted by molar-refractivity contribution is 7.09. The molecule has 106 valence electrons. The molecule has 5 heteroatoms. The Morgan fingerprint density at radius 3 is 2.50 bits per heavy atom. The molecule has 2 bridgehead atoms. The third kappa shape index (κ3) is 2.38. The topological polar surface area (TPSA) is 66.4 Å². The summed E-state index contributed by atoms with van der Waals surface area (Å²) >= 11 is 1.59. The second-order valence-electron chi connectivity index (χ2n) is 5.48. The van der Waals surface area contributed by atoms with E-state index < -0.39 is 17.8 Å². The maximum Gasteiger partial charge on any atom is 0.307 e. The maximum absolute atomic E-state index is 12.4. The fourth-order valence-corrected chi connectivity index (χ4v) is 4.04. The van der Waals surface area contributed by atoms with Crippen molar-refractivity contribution >= 4 is 23.2 Å². The summed E-state index contributed by atoms with van der Waals surface area (Å²) in [6.07, 6.45) is 5.81. The van der Waals surface area contributed by atoms with Gasteiger partial charge in [-0.05, 0) is 36.1 Å². The molecule has 1 aromatic heterocycles. The molecule has 0 aliphatic heterocycles. The summed E-state index contributed by atoms with van der Waals surface area (Å²) in [4.78, 5) is 25.0. The van der Waals surface area contributed by atoms with E-state index in [-0.39, 0.29) is 17.7 Å². The first-order valence-corrected chi connectivity index (χ1v) is 7.76. The summed E-state index contributed by atoms with van der Waals surface area (Å²) in [7, 11) is 0. The lowest BCUT2D eigenvalue weighted by molar-refractivity contribution is -0.153. The number of carboxylic acid groups (broad SMARTS) is 1. The zero-order valence-corrected chi connectivity index (χ0v) is 11.8. The van der Waals surface area contributed by atoms with Crippen LogP contribution in [0.1, 0.15) is 17.7 Å². The SMILES string of the molecule is O=C(O)C1C2C=CC(CC2)C1C(=O)NCc1cccs1. The lowest BCUT2D eigenvalue weighted by Crippen LogP contribution is -2.48. The minimum Gasteiger partial charge on any atom is -0.481 e. The standard InChI is InChI=1S/C15H17NO3S/c17-14(16-8-11-2-1-7-20-11)12-9-3-5-10(6-4-9)13(12)15(18)19/h1-3,5,7,9-10,12-13H,4,6,8H2,(H,16,17)(H,18,19). The van der Waals surface area contributed by atoms with Crippen molar-refractivity contribution in [3.63, 3.8) is 0 Å². The number of carbonyl (C=O) groups is 2. The Morgan fingerprint density at radius 1 is 1.25 bits per heavy atom. The predicted molar refractivity (Wildman–Crippen MR) is 76.1 cm³/mol. The largest absolute Gasteiger partial charge is 0.481 e. The molecule has 2 N–H and O–H groups in total. The van der Waals surface area contributed by atoms with E-state index in [0.717, 1.165) is 17.7 Å². The number of allylic oxidation sites excluding steroid dienone is 2. The number of aliphatic carboxylic acids is 1. The number of carboxylic acids is 1. The Balaban J connectivity index is 1.72. The average Bonchev–Trinajstić information content (AvgIpc) is 2.98. The number of fused-ring (bicyclic) bond motifs is 2. The zero-order valence-electron chi connectivity index (χ0n) is 11.0. The number of carbonyl (C=O) groups excluding carboxylic acids is 1. The number of amides is 1. The molecule has 3 aliphatic rings. The normalized spacial score (nSPS) is 31.2. The van der Waals surface area contributed by atoms with Gasteiger partial charge in [0.1, 0.15) is 0 Å². The van der Waals surface area contributed by atoms with Gasteiger partial charge in [-0.3, -0.25) is 9.59 Å². The van der Waals surface area contributed by atoms with Crippen LogP contribution in [0.25, 0.3) is 0 Å². The van der Waals surface area contributed by atoms with Gasteiger partial charge in [0.05, 0.1) is 18.4 Å². The lowest BCUT2D eigenvalue weighted by atomic mass is 9.62. The van der Waals surface area contributed by atoms with Crippen LogP contribution in [-0.4, -0.2) is 17.0 Å². The minimum atomic E-state index is -0.847. The maximum atomic E-state index is 12.4. The third-order valence-corrected chi connectivity index (χ3v) is 5.23. The molecule has 20 heavy (non-hydrogen) atoms. The molecule has 1 saturated carbocycles. The van der Waals surface area contributed by atoms with Crippen molar-refractivity contribution in [2.45, 2.75) is 19.4 Å². The van der Waals surface area contributed by atoms with Crippen LogP contribution in [0.2, 0.25) is 0 Å². The van der Waals surface area contributed by atoms with E-state index in [1.165, 1.54) is 0 Å². The van der Waals surface area contributed by atoms with Crippen LogP contribution in [0.5, 0.6) is 0 Å². The van der Waals surface area contributed by atoms with Gasteiger partial charge in [-0.25, -0.2) is 0 Å². The number of rotatable bonds is 4. The van der Waals surface area contributed by atoms with Crippen molar-refractivity contribution in [2.24, 2.45) is 23.7 Å². The Kier molecular flexibility index (Phi) is 3.61. The van der Waals surface area contributed by atoms with Gasteiger partial charge in [0.25, 0.3) is 0 Å². The molecule has 4 atom stereocenters. The monoisotopic (exact) mass is 291 g/mol. The number of nitrogens with one attached hydrogen (secondary N) is 1. The summed E-state index contributed by atoms with van der Waals surface area (Å²) < 4.78 is 0. The van der Waals surface area contributed by atoms with E-state index in [4.69, 9.17) is 0 Å². The molecular weight excluding hydrogens is 274 g/mol. The first kappa shape index (κ1) is 13.4. The molecule has 1 amide bonds. The molecule has 0 saturated heterocycles. The van der Waals surface area contributed by atoms with Crippen molar-refractivity contribution in [1.82, 2.24) is 5.32 Å². The predicted octanol–water partition coefficient (Wildman–Crippen LogP) is 2.28. The summed E-state index contributed by atoms with van der Waals surface area (Å²) in [5, 5.41) is 14.3. The van der Waals surface area contributed by atoms with Crippen LogP contribution >= 0.6 is 11.3 Å². The van der Waals surface area contributed by atoms with Crippen LogP contribution in [-0.2, 0) is 16.1 Å². The Bertz CT molecular complexity index is 537. The van der Waals surface area contributed by atoms with Gasteiger partial charge in [-0.1, -0.05) is 18.2 Å². The highest BCUT2D eigenvalue weighted by Crippen LogP contribution is 2.45. The molecule has 1 heterocycles. The van der Waals surface area contributed by atoms with E-state index in [9.17, 15) is 14.7 Å². The van der Waals surface area contributed by atoms with E-state index in [1.54, 1.807) is 11.3 Å². The fraction of sp³-hybridized carbons (Fsp3) is 0.467. The van der Waals surface area contributed by atoms with Crippen molar-refractivity contribution in [2.75, 3.05) is 0 Å². The van der Waals surface area contributed by atoms with Gasteiger partial charge in [0, 0.05) is 4.88 Å². The van der Waals surface area contributed by atoms with Gasteiger partial charge in [-0.2, -0.15) is 0 Å². The summed E-state index contributed by atoms with van der Waals surface area (Å²) in [5.74, 6) is -1.87. The quantitative estimate of drug-likeness (QED) is 0.836. The number of thiophene rings is 1. The molecule has 4 rings (SSSR count). The Hall–Kier alpha value is -1.62. The van der Waals surface area contributed by atoms with Gasteiger partial charge in [0.15, 0.2) is 0 Å². The van der Waals surface area contributed by atoms with Gasteiger partial charge in [-0.15, -0.1) is 11.3 Å². The molecule has 4 unspecified atom stereocenters. The van der Waals surface area contributed by atoms with Crippen LogP contribution < -0.4 is 5.32 Å². The smallest absolute Gasteiger partial charge is 0.307 e. The molecule has 0 spiro atoms. The van der Waals surface area contributed by atoms with Gasteiger partial charge in [0.2, 0.25) is 5.91 Å². The first-order chi connectivity index (χ1) is 9.66. The highest BCUT2D eigenvalue weighted by Gasteiger charge is 2.48. The van der Waals surface area contributed by atoms with E-state index in [2.05, 4.69) is 5.32 Å². The van der Waals surface area contributed by atoms with Crippen molar-refractivity contribution in [1.29, 1.82) is 0 Å². The molecule has 0 radical (unpaired) electrons. The molecule has 1 aromatic rings. The number of hydrogen-bond donors (Lipinski definition) is 2. The van der Waals surface area contributed by atoms with Crippen LogP contribution in [0.4, 0.5) is 0 Å². The fourth-order valence-electron chi connectivity index (χ4n) is 3.39. The Morgan fingerprint density at radius 2 is 1.95 bits per heavy atom. The van der Waals surface area contributed by atoms with Crippen molar-refractivity contribution in [3.05, 3.63) is 34.5 Å². The second-order valence-corrected chi connectivity index (χ2v) is 6.51. The van der Waals surface area contributed by atoms with E-state index >= 15 is 0 Å². The van der Waals surface area contributed by atoms with Crippen molar-refractivity contribution < 1.29 is 14.7 Å². The molecule has 4 nitrogen and oxygen atoms in total. The summed E-state index contributed by atoms with van der Waals surface area (Å²) in [5.41, 5.74) is 0. The molecule has 3 aliphatic carbocycles. The van der Waals surface area contributed by atoms with Crippen molar-refractivity contribution in [3.8, 4) is 0 Å². The Labute approximate surface area is 121 Å². The molecular formula is C15H17NO3S. The van der Waals surface area contributed by atoms with Crippen LogP contribution in [0.3, 0.4) is 0 Å². The van der Waals surface area contributed by atoms with E-state index in [1.807, 2.05) is 29.7 Å². The average molecular weight is 291 g/mol. The molecule has 0 aromatic carbocycles.